The van der Waals surface area contributed by atoms with E-state index < -0.39 is 0 Å². The van der Waals surface area contributed by atoms with Crippen molar-refractivity contribution in [3.05, 3.63) is 52.0 Å². The van der Waals surface area contributed by atoms with E-state index in [9.17, 15) is 4.39 Å². The van der Waals surface area contributed by atoms with Crippen LogP contribution in [0.2, 0.25) is 0 Å². The molecule has 1 unspecified atom stereocenters. The molecule has 0 spiro atoms. The van der Waals surface area contributed by atoms with Gasteiger partial charge in [0.05, 0.1) is 11.7 Å². The van der Waals surface area contributed by atoms with Gasteiger partial charge in [0.25, 0.3) is 0 Å². The summed E-state index contributed by atoms with van der Waals surface area (Å²) in [5.41, 5.74) is 1.60. The lowest BCUT2D eigenvalue weighted by Crippen LogP contribution is -2.22. The van der Waals surface area contributed by atoms with Crippen molar-refractivity contribution in [1.29, 1.82) is 0 Å². The Hall–Kier alpha value is -1.39. The van der Waals surface area contributed by atoms with Crippen LogP contribution < -0.4 is 10.2 Å². The molecule has 4 heteroatoms. The van der Waals surface area contributed by atoms with Gasteiger partial charge in [0.1, 0.15) is 5.82 Å². The van der Waals surface area contributed by atoms with Gasteiger partial charge in [-0.15, -0.1) is 11.3 Å². The van der Waals surface area contributed by atoms with E-state index in [1.165, 1.54) is 4.88 Å². The second-order valence-corrected chi connectivity index (χ2v) is 5.60. The van der Waals surface area contributed by atoms with Gasteiger partial charge in [-0.1, -0.05) is 12.1 Å². The summed E-state index contributed by atoms with van der Waals surface area (Å²) in [7, 11) is 3.79. The Kier molecular flexibility index (Phi) is 4.56. The van der Waals surface area contributed by atoms with E-state index in [0.717, 1.165) is 5.56 Å². The fraction of sp³-hybridized carbons (Fsp3) is 0.333. The summed E-state index contributed by atoms with van der Waals surface area (Å²) < 4.78 is 14.2. The number of nitrogens with one attached hydrogen (secondary N) is 1. The Balaban J connectivity index is 2.21. The smallest absolute Gasteiger partial charge is 0.146 e. The highest BCUT2D eigenvalue weighted by atomic mass is 32.1. The van der Waals surface area contributed by atoms with Crippen LogP contribution in [0.15, 0.2) is 35.7 Å². The molecule has 0 aliphatic rings. The normalized spacial score (nSPS) is 12.4. The summed E-state index contributed by atoms with van der Waals surface area (Å²) in [5, 5.41) is 5.07. The molecule has 0 saturated carbocycles. The summed E-state index contributed by atoms with van der Waals surface area (Å²) in [5.74, 6) is -0.168. The molecule has 1 atom stereocenters. The van der Waals surface area contributed by atoms with Crippen LogP contribution >= 0.6 is 11.3 Å². The van der Waals surface area contributed by atoms with Crippen LogP contribution in [-0.2, 0) is 6.54 Å². The van der Waals surface area contributed by atoms with E-state index in [4.69, 9.17) is 0 Å². The van der Waals surface area contributed by atoms with Gasteiger partial charge in [0.15, 0.2) is 0 Å². The number of benzene rings is 1. The van der Waals surface area contributed by atoms with E-state index in [0.29, 0.717) is 12.2 Å². The van der Waals surface area contributed by atoms with E-state index in [-0.39, 0.29) is 11.9 Å². The molecule has 0 amide bonds. The van der Waals surface area contributed by atoms with E-state index in [2.05, 4.69) is 18.3 Å². The fourth-order valence-corrected chi connectivity index (χ4v) is 2.91. The third-order valence-electron chi connectivity index (χ3n) is 3.31. The molecule has 0 aliphatic heterocycles. The van der Waals surface area contributed by atoms with Crippen LogP contribution in [0.4, 0.5) is 10.1 Å². The molecule has 1 aromatic heterocycles. The van der Waals surface area contributed by atoms with Gasteiger partial charge in [-0.05, 0) is 43.1 Å². The summed E-state index contributed by atoms with van der Waals surface area (Å²) in [6.07, 6.45) is 0. The molecule has 0 bridgehead atoms. The number of hydrogen-bond donors (Lipinski definition) is 1. The monoisotopic (exact) mass is 278 g/mol. The van der Waals surface area contributed by atoms with Crippen LogP contribution in [0, 0.1) is 5.82 Å². The molecule has 102 valence electrons. The van der Waals surface area contributed by atoms with Gasteiger partial charge in [-0.25, -0.2) is 4.39 Å². The van der Waals surface area contributed by atoms with Crippen molar-refractivity contribution in [2.75, 3.05) is 19.0 Å². The Morgan fingerprint density at radius 2 is 2.16 bits per heavy atom. The highest BCUT2D eigenvalue weighted by Gasteiger charge is 2.16. The predicted molar refractivity (Wildman–Crippen MR) is 80.3 cm³/mol. The van der Waals surface area contributed by atoms with E-state index in [1.807, 2.05) is 42.6 Å². The number of hydrogen-bond acceptors (Lipinski definition) is 3. The molecule has 0 fully saturated rings. The van der Waals surface area contributed by atoms with Crippen molar-refractivity contribution in [2.45, 2.75) is 19.5 Å². The Labute approximate surface area is 117 Å². The molecule has 0 saturated heterocycles. The minimum absolute atomic E-state index is 0.168. The second kappa shape index (κ2) is 6.17. The van der Waals surface area contributed by atoms with Crippen LogP contribution in [-0.4, -0.2) is 14.1 Å². The molecule has 0 aliphatic carbocycles. The van der Waals surface area contributed by atoms with Crippen LogP contribution in [0.3, 0.4) is 0 Å². The zero-order chi connectivity index (χ0) is 13.8. The second-order valence-electron chi connectivity index (χ2n) is 4.62. The summed E-state index contributed by atoms with van der Waals surface area (Å²) in [6, 6.07) is 9.70. The third kappa shape index (κ3) is 3.14. The van der Waals surface area contributed by atoms with Gasteiger partial charge < -0.3 is 10.2 Å². The first kappa shape index (κ1) is 14.0. The maximum Gasteiger partial charge on any atom is 0.146 e. The Morgan fingerprint density at radius 1 is 1.37 bits per heavy atom. The van der Waals surface area contributed by atoms with Crippen molar-refractivity contribution >= 4 is 17.0 Å². The Bertz CT molecular complexity index is 525. The largest absolute Gasteiger partial charge is 0.365 e. The lowest BCUT2D eigenvalue weighted by molar-refractivity contribution is 0.609. The van der Waals surface area contributed by atoms with E-state index in [1.54, 1.807) is 17.4 Å². The average Bonchev–Trinajstić information content (AvgIpc) is 2.91. The average molecular weight is 278 g/mol. The number of thiophene rings is 1. The maximum atomic E-state index is 14.2. The molecule has 2 nitrogen and oxygen atoms in total. The molecule has 2 rings (SSSR count). The molecule has 0 radical (unpaired) electrons. The highest BCUT2D eigenvalue weighted by molar-refractivity contribution is 7.10. The van der Waals surface area contributed by atoms with Crippen molar-refractivity contribution < 1.29 is 4.39 Å². The van der Waals surface area contributed by atoms with Gasteiger partial charge in [0.2, 0.25) is 0 Å². The number of halogens is 1. The minimum atomic E-state index is -0.168. The van der Waals surface area contributed by atoms with Gasteiger partial charge in [-0.2, -0.15) is 0 Å². The molecular formula is C15H19FN2S. The Morgan fingerprint density at radius 3 is 2.74 bits per heavy atom. The van der Waals surface area contributed by atoms with Crippen LogP contribution in [0.5, 0.6) is 0 Å². The van der Waals surface area contributed by atoms with Crippen LogP contribution in [0.25, 0.3) is 0 Å². The SMILES string of the molecule is CNCc1ccc(N(C)C(C)c2cccs2)c(F)c1. The van der Waals surface area contributed by atoms with Gasteiger partial charge in [-0.3, -0.25) is 0 Å². The lowest BCUT2D eigenvalue weighted by atomic mass is 10.1. The predicted octanol–water partition coefficient (Wildman–Crippen LogP) is 3.80. The first-order valence-corrected chi connectivity index (χ1v) is 7.20. The topological polar surface area (TPSA) is 15.3 Å². The molecule has 1 heterocycles. The molecule has 2 aromatic rings. The zero-order valence-corrected chi connectivity index (χ0v) is 12.3. The quantitative estimate of drug-likeness (QED) is 0.895. The summed E-state index contributed by atoms with van der Waals surface area (Å²) in [4.78, 5) is 3.21. The summed E-state index contributed by atoms with van der Waals surface area (Å²) in [6.45, 7) is 2.77. The van der Waals surface area contributed by atoms with Crippen molar-refractivity contribution in [2.24, 2.45) is 0 Å². The molecule has 1 aromatic carbocycles. The van der Waals surface area contributed by atoms with E-state index >= 15 is 0 Å². The summed E-state index contributed by atoms with van der Waals surface area (Å²) >= 11 is 1.70. The zero-order valence-electron chi connectivity index (χ0n) is 11.5. The minimum Gasteiger partial charge on any atom is -0.365 e. The third-order valence-corrected chi connectivity index (χ3v) is 4.35. The van der Waals surface area contributed by atoms with Gasteiger partial charge >= 0.3 is 0 Å². The standard InChI is InChI=1S/C15H19FN2S/c1-11(15-5-4-8-19-15)18(3)14-7-6-12(10-17-2)9-13(14)16/h4-9,11,17H,10H2,1-3H3. The highest BCUT2D eigenvalue weighted by Crippen LogP contribution is 2.30. The number of anilines is 1. The van der Waals surface area contributed by atoms with Crippen molar-refractivity contribution in [1.82, 2.24) is 5.32 Å². The molecule has 1 N–H and O–H groups in total. The van der Waals surface area contributed by atoms with Crippen molar-refractivity contribution in [3.63, 3.8) is 0 Å². The lowest BCUT2D eigenvalue weighted by Gasteiger charge is -2.26. The number of rotatable bonds is 5. The first-order chi connectivity index (χ1) is 9.13. The fourth-order valence-electron chi connectivity index (χ4n) is 2.08. The number of nitrogens with zero attached hydrogens (tertiary/aromatic N) is 1. The van der Waals surface area contributed by atoms with Gasteiger partial charge in [0, 0.05) is 18.5 Å². The van der Waals surface area contributed by atoms with Crippen molar-refractivity contribution in [3.8, 4) is 0 Å². The molecular weight excluding hydrogens is 259 g/mol. The molecule has 19 heavy (non-hydrogen) atoms. The first-order valence-electron chi connectivity index (χ1n) is 6.32. The van der Waals surface area contributed by atoms with Crippen LogP contribution in [0.1, 0.15) is 23.4 Å². The maximum absolute atomic E-state index is 14.2.